The summed E-state index contributed by atoms with van der Waals surface area (Å²) >= 11 is 0. The number of alkyl halides is 3. The van der Waals surface area contributed by atoms with Gasteiger partial charge in [0.15, 0.2) is 6.10 Å². The normalized spacial score (nSPS) is 13.5. The zero-order valence-corrected chi connectivity index (χ0v) is 12.4. The number of ether oxygens (including phenoxy) is 2. The molecule has 1 aromatic rings. The molecule has 1 unspecified atom stereocenters. The van der Waals surface area contributed by atoms with E-state index in [9.17, 15) is 26.4 Å². The molecule has 0 bridgehead atoms. The fourth-order valence-corrected chi connectivity index (χ4v) is 1.96. The molecular weight excluding hydrogens is 329 g/mol. The van der Waals surface area contributed by atoms with E-state index in [1.165, 1.54) is 19.2 Å². The minimum Gasteiger partial charge on any atom is -0.467 e. The van der Waals surface area contributed by atoms with Crippen molar-refractivity contribution in [3.63, 3.8) is 0 Å². The van der Waals surface area contributed by atoms with E-state index in [-0.39, 0.29) is 6.42 Å². The van der Waals surface area contributed by atoms with Gasteiger partial charge in [-0.15, -0.1) is 0 Å². The van der Waals surface area contributed by atoms with Crippen LogP contribution in [0.4, 0.5) is 13.2 Å². The van der Waals surface area contributed by atoms with Crippen molar-refractivity contribution in [1.29, 1.82) is 0 Å². The summed E-state index contributed by atoms with van der Waals surface area (Å²) in [6.07, 6.45) is -0.994. The molecule has 0 N–H and O–H groups in total. The van der Waals surface area contributed by atoms with Gasteiger partial charge < -0.3 is 13.7 Å². The quantitative estimate of drug-likeness (QED) is 0.444. The first-order valence-electron chi connectivity index (χ1n) is 5.81. The molecule has 0 aliphatic heterocycles. The molecule has 0 aromatic heterocycles. The minimum absolute atomic E-state index is 0.0214. The fourth-order valence-electron chi connectivity index (χ4n) is 1.51. The molecule has 22 heavy (non-hydrogen) atoms. The summed E-state index contributed by atoms with van der Waals surface area (Å²) in [7, 11) is -3.33. The molecule has 0 radical (unpaired) electrons. The van der Waals surface area contributed by atoms with Gasteiger partial charge in [-0.3, -0.25) is 0 Å². The zero-order chi connectivity index (χ0) is 17.0. The van der Waals surface area contributed by atoms with Crippen LogP contribution in [0, 0.1) is 0 Å². The van der Waals surface area contributed by atoms with Gasteiger partial charge in [0.25, 0.3) is 0 Å². The van der Waals surface area contributed by atoms with Gasteiger partial charge in [0.05, 0.1) is 7.11 Å². The molecule has 10 heteroatoms. The number of carbonyl (C=O) groups is 1. The van der Waals surface area contributed by atoms with Crippen LogP contribution in [0.2, 0.25) is 0 Å². The van der Waals surface area contributed by atoms with Gasteiger partial charge >= 0.3 is 21.6 Å². The van der Waals surface area contributed by atoms with Crippen LogP contribution in [0.5, 0.6) is 5.75 Å². The third-order valence-corrected chi connectivity index (χ3v) is 3.54. The lowest BCUT2D eigenvalue weighted by molar-refractivity contribution is -0.152. The summed E-state index contributed by atoms with van der Waals surface area (Å²) in [6, 6.07) is 4.88. The van der Waals surface area contributed by atoms with E-state index in [0.29, 0.717) is 5.56 Å². The maximum Gasteiger partial charge on any atom is 0.534 e. The van der Waals surface area contributed by atoms with E-state index in [2.05, 4.69) is 8.92 Å². The Kier molecular flexibility index (Phi) is 5.78. The summed E-state index contributed by atoms with van der Waals surface area (Å²) < 4.78 is 71.9. The highest BCUT2D eigenvalue weighted by atomic mass is 32.2. The number of benzene rings is 1. The second-order valence-corrected chi connectivity index (χ2v) is 5.62. The second kappa shape index (κ2) is 6.97. The number of hydrogen-bond donors (Lipinski definition) is 0. The number of rotatable bonds is 6. The van der Waals surface area contributed by atoms with Gasteiger partial charge in [0.2, 0.25) is 0 Å². The lowest BCUT2D eigenvalue weighted by Gasteiger charge is -2.14. The summed E-state index contributed by atoms with van der Waals surface area (Å²) in [5.74, 6) is -1.19. The summed E-state index contributed by atoms with van der Waals surface area (Å²) in [5.41, 5.74) is -5.18. The Hall–Kier alpha value is -1.81. The molecule has 0 heterocycles. The van der Waals surface area contributed by atoms with Crippen LogP contribution in [-0.2, 0) is 30.8 Å². The molecule has 124 valence electrons. The molecule has 0 fully saturated rings. The largest absolute Gasteiger partial charge is 0.534 e. The standard InChI is InChI=1S/C12H13F3O6S/c1-19-10(11(16)20-2)7-8-4-3-5-9(6-8)21-22(17,18)12(13,14)15/h3-6,10H,7H2,1-2H3. The van der Waals surface area contributed by atoms with Crippen molar-refractivity contribution in [3.8, 4) is 5.75 Å². The lowest BCUT2D eigenvalue weighted by atomic mass is 10.1. The van der Waals surface area contributed by atoms with Crippen LogP contribution >= 0.6 is 0 Å². The topological polar surface area (TPSA) is 78.9 Å². The van der Waals surface area contributed by atoms with Crippen molar-refractivity contribution < 1.29 is 40.0 Å². The SMILES string of the molecule is COC(=O)C(Cc1cccc(OS(=O)(=O)C(F)(F)F)c1)OC. The van der Waals surface area contributed by atoms with Crippen LogP contribution in [0.1, 0.15) is 5.56 Å². The number of hydrogen-bond acceptors (Lipinski definition) is 6. The van der Waals surface area contributed by atoms with E-state index >= 15 is 0 Å². The maximum atomic E-state index is 12.2. The van der Waals surface area contributed by atoms with E-state index in [0.717, 1.165) is 19.2 Å². The minimum atomic E-state index is -5.75. The van der Waals surface area contributed by atoms with Crippen LogP contribution in [-0.4, -0.2) is 40.2 Å². The van der Waals surface area contributed by atoms with E-state index < -0.39 is 33.4 Å². The van der Waals surface area contributed by atoms with Crippen molar-refractivity contribution in [2.45, 2.75) is 18.0 Å². The number of esters is 1. The average Bonchev–Trinajstić information content (AvgIpc) is 2.42. The molecule has 1 rings (SSSR count). The molecule has 0 saturated heterocycles. The van der Waals surface area contributed by atoms with Gasteiger partial charge in [-0.1, -0.05) is 12.1 Å². The predicted octanol–water partition coefficient (Wildman–Crippen LogP) is 1.65. The number of methoxy groups -OCH3 is 2. The van der Waals surface area contributed by atoms with Crippen molar-refractivity contribution in [2.75, 3.05) is 14.2 Å². The summed E-state index contributed by atoms with van der Waals surface area (Å²) in [4.78, 5) is 11.4. The second-order valence-electron chi connectivity index (χ2n) is 4.08. The van der Waals surface area contributed by atoms with Crippen LogP contribution < -0.4 is 4.18 Å². The predicted molar refractivity (Wildman–Crippen MR) is 68.6 cm³/mol. The Labute approximate surface area is 124 Å². The van der Waals surface area contributed by atoms with Crippen molar-refractivity contribution in [2.24, 2.45) is 0 Å². The summed E-state index contributed by atoms with van der Waals surface area (Å²) in [6.45, 7) is 0. The first-order valence-corrected chi connectivity index (χ1v) is 7.22. The summed E-state index contributed by atoms with van der Waals surface area (Å²) in [5, 5.41) is 0. The Morgan fingerprint density at radius 1 is 1.27 bits per heavy atom. The van der Waals surface area contributed by atoms with Crippen LogP contribution in [0.25, 0.3) is 0 Å². The van der Waals surface area contributed by atoms with Gasteiger partial charge in [-0.2, -0.15) is 21.6 Å². The smallest absolute Gasteiger partial charge is 0.467 e. The monoisotopic (exact) mass is 342 g/mol. The van der Waals surface area contributed by atoms with Crippen LogP contribution in [0.3, 0.4) is 0 Å². The average molecular weight is 342 g/mol. The van der Waals surface area contributed by atoms with E-state index in [4.69, 9.17) is 4.74 Å². The van der Waals surface area contributed by atoms with Gasteiger partial charge in [-0.05, 0) is 17.7 Å². The van der Waals surface area contributed by atoms with E-state index in [1.807, 2.05) is 0 Å². The van der Waals surface area contributed by atoms with Crippen molar-refractivity contribution >= 4 is 16.1 Å². The molecule has 0 spiro atoms. The molecule has 0 saturated carbocycles. The maximum absolute atomic E-state index is 12.2. The van der Waals surface area contributed by atoms with Crippen LogP contribution in [0.15, 0.2) is 24.3 Å². The first kappa shape index (κ1) is 18.2. The van der Waals surface area contributed by atoms with Crippen molar-refractivity contribution in [1.82, 2.24) is 0 Å². The van der Waals surface area contributed by atoms with Gasteiger partial charge in [0, 0.05) is 13.5 Å². The highest BCUT2D eigenvalue weighted by Gasteiger charge is 2.48. The Bertz CT molecular complexity index is 626. The van der Waals surface area contributed by atoms with Crippen molar-refractivity contribution in [3.05, 3.63) is 29.8 Å². The molecule has 0 aliphatic carbocycles. The Balaban J connectivity index is 2.94. The van der Waals surface area contributed by atoms with E-state index in [1.54, 1.807) is 0 Å². The highest BCUT2D eigenvalue weighted by molar-refractivity contribution is 7.87. The Morgan fingerprint density at radius 2 is 1.91 bits per heavy atom. The first-order chi connectivity index (χ1) is 10.1. The molecule has 0 aliphatic rings. The molecule has 1 aromatic carbocycles. The third kappa shape index (κ3) is 4.60. The fraction of sp³-hybridized carbons (Fsp3) is 0.417. The highest BCUT2D eigenvalue weighted by Crippen LogP contribution is 2.27. The Morgan fingerprint density at radius 3 is 2.41 bits per heavy atom. The number of halogens is 3. The molecule has 1 atom stereocenters. The third-order valence-electron chi connectivity index (χ3n) is 2.56. The molecular formula is C12H13F3O6S. The number of carbonyl (C=O) groups excluding carboxylic acids is 1. The van der Waals surface area contributed by atoms with Gasteiger partial charge in [-0.25, -0.2) is 4.79 Å². The molecule has 6 nitrogen and oxygen atoms in total. The van der Waals surface area contributed by atoms with Gasteiger partial charge in [0.1, 0.15) is 5.75 Å². The zero-order valence-electron chi connectivity index (χ0n) is 11.6. The molecule has 0 amide bonds. The lowest BCUT2D eigenvalue weighted by Crippen LogP contribution is -2.28.